The van der Waals surface area contributed by atoms with Crippen LogP contribution in [0.15, 0.2) is 42.5 Å². The fourth-order valence-corrected chi connectivity index (χ4v) is 3.48. The number of carbonyl (C=O) groups excluding carboxylic acids is 1. The van der Waals surface area contributed by atoms with Crippen molar-refractivity contribution in [2.45, 2.75) is 45.7 Å². The van der Waals surface area contributed by atoms with Crippen molar-refractivity contribution in [2.75, 3.05) is 0 Å². The van der Waals surface area contributed by atoms with E-state index in [0.717, 1.165) is 35.4 Å². The molecule has 4 rings (SSSR count). The SMILES string of the molecule is Cc1ccc(CNC(=O)c2ccc3c(c2)nc2n3CCCCC2)cc1. The Hall–Kier alpha value is -2.62. The number of fused-ring (bicyclic) bond motifs is 3. The highest BCUT2D eigenvalue weighted by atomic mass is 16.1. The lowest BCUT2D eigenvalue weighted by Crippen LogP contribution is -2.22. The molecule has 0 aliphatic carbocycles. The lowest BCUT2D eigenvalue weighted by atomic mass is 10.1. The van der Waals surface area contributed by atoms with Crippen molar-refractivity contribution >= 4 is 16.9 Å². The van der Waals surface area contributed by atoms with Gasteiger partial charge in [-0.2, -0.15) is 0 Å². The topological polar surface area (TPSA) is 46.9 Å². The molecule has 1 aromatic heterocycles. The quantitative estimate of drug-likeness (QED) is 0.787. The first-order chi connectivity index (χ1) is 12.2. The first-order valence-electron chi connectivity index (χ1n) is 9.03. The van der Waals surface area contributed by atoms with Gasteiger partial charge in [0.15, 0.2) is 0 Å². The monoisotopic (exact) mass is 333 g/mol. The van der Waals surface area contributed by atoms with E-state index >= 15 is 0 Å². The minimum Gasteiger partial charge on any atom is -0.348 e. The van der Waals surface area contributed by atoms with Gasteiger partial charge in [0.1, 0.15) is 5.82 Å². The van der Waals surface area contributed by atoms with Crippen LogP contribution in [-0.4, -0.2) is 15.5 Å². The third-order valence-corrected chi connectivity index (χ3v) is 4.95. The zero-order valence-corrected chi connectivity index (χ0v) is 14.6. The molecule has 2 aromatic carbocycles. The van der Waals surface area contributed by atoms with Crippen molar-refractivity contribution in [3.63, 3.8) is 0 Å². The van der Waals surface area contributed by atoms with Crippen LogP contribution >= 0.6 is 0 Å². The molecule has 0 radical (unpaired) electrons. The molecule has 0 fully saturated rings. The molecule has 0 saturated heterocycles. The van der Waals surface area contributed by atoms with Crippen molar-refractivity contribution in [3.05, 3.63) is 65.0 Å². The largest absolute Gasteiger partial charge is 0.348 e. The van der Waals surface area contributed by atoms with Crippen LogP contribution in [0.2, 0.25) is 0 Å². The summed E-state index contributed by atoms with van der Waals surface area (Å²) < 4.78 is 2.32. The number of hydrogen-bond donors (Lipinski definition) is 1. The number of nitrogens with one attached hydrogen (secondary N) is 1. The second-order valence-corrected chi connectivity index (χ2v) is 6.86. The maximum absolute atomic E-state index is 12.5. The van der Waals surface area contributed by atoms with E-state index in [2.05, 4.69) is 28.9 Å². The molecule has 3 aromatic rings. The highest BCUT2D eigenvalue weighted by Gasteiger charge is 2.15. The molecule has 0 atom stereocenters. The molecule has 128 valence electrons. The van der Waals surface area contributed by atoms with Crippen LogP contribution < -0.4 is 5.32 Å². The molecule has 2 heterocycles. The van der Waals surface area contributed by atoms with E-state index in [1.165, 1.54) is 24.8 Å². The van der Waals surface area contributed by atoms with Crippen LogP contribution in [0.1, 0.15) is 46.6 Å². The highest BCUT2D eigenvalue weighted by Crippen LogP contribution is 2.23. The number of hydrogen-bond acceptors (Lipinski definition) is 2. The minimum absolute atomic E-state index is 0.0503. The number of benzene rings is 2. The van der Waals surface area contributed by atoms with Gasteiger partial charge in [-0.1, -0.05) is 36.2 Å². The number of nitrogens with zero attached hydrogens (tertiary/aromatic N) is 2. The number of aromatic nitrogens is 2. The number of aryl methyl sites for hydroxylation is 3. The predicted octanol–water partition coefficient (Wildman–Crippen LogP) is 4.00. The minimum atomic E-state index is -0.0503. The molecule has 0 spiro atoms. The third kappa shape index (κ3) is 3.29. The van der Waals surface area contributed by atoms with Crippen molar-refractivity contribution < 1.29 is 4.79 Å². The zero-order chi connectivity index (χ0) is 17.2. The molecule has 1 aliphatic heterocycles. The summed E-state index contributed by atoms with van der Waals surface area (Å²) >= 11 is 0. The van der Waals surface area contributed by atoms with Gasteiger partial charge in [0, 0.05) is 25.1 Å². The van der Waals surface area contributed by atoms with E-state index in [9.17, 15) is 4.79 Å². The Balaban J connectivity index is 1.52. The van der Waals surface area contributed by atoms with Gasteiger partial charge in [-0.25, -0.2) is 4.98 Å². The molecule has 4 heteroatoms. The molecular weight excluding hydrogens is 310 g/mol. The molecule has 25 heavy (non-hydrogen) atoms. The summed E-state index contributed by atoms with van der Waals surface area (Å²) in [7, 11) is 0. The van der Waals surface area contributed by atoms with Crippen molar-refractivity contribution in [1.29, 1.82) is 0 Å². The maximum Gasteiger partial charge on any atom is 0.251 e. The second-order valence-electron chi connectivity index (χ2n) is 6.86. The summed E-state index contributed by atoms with van der Waals surface area (Å²) in [4.78, 5) is 17.2. The Kier molecular flexibility index (Phi) is 4.26. The fourth-order valence-electron chi connectivity index (χ4n) is 3.48. The van der Waals surface area contributed by atoms with Crippen LogP contribution in [-0.2, 0) is 19.5 Å². The summed E-state index contributed by atoms with van der Waals surface area (Å²) in [6.07, 6.45) is 4.71. The lowest BCUT2D eigenvalue weighted by Gasteiger charge is -2.07. The van der Waals surface area contributed by atoms with Gasteiger partial charge in [0.2, 0.25) is 0 Å². The molecule has 1 amide bonds. The number of carbonyl (C=O) groups is 1. The average molecular weight is 333 g/mol. The molecule has 0 unspecified atom stereocenters. The van der Waals surface area contributed by atoms with Crippen molar-refractivity contribution in [2.24, 2.45) is 0 Å². The van der Waals surface area contributed by atoms with Crippen molar-refractivity contribution in [3.8, 4) is 0 Å². The predicted molar refractivity (Wildman–Crippen MR) is 99.6 cm³/mol. The number of amides is 1. The maximum atomic E-state index is 12.5. The van der Waals surface area contributed by atoms with Gasteiger partial charge in [-0.15, -0.1) is 0 Å². The second kappa shape index (κ2) is 6.71. The lowest BCUT2D eigenvalue weighted by molar-refractivity contribution is 0.0951. The van der Waals surface area contributed by atoms with E-state index in [0.29, 0.717) is 12.1 Å². The molecule has 4 nitrogen and oxygen atoms in total. The van der Waals surface area contributed by atoms with Gasteiger partial charge in [0.05, 0.1) is 11.0 Å². The summed E-state index contributed by atoms with van der Waals surface area (Å²) in [6, 6.07) is 14.1. The van der Waals surface area contributed by atoms with Gasteiger partial charge < -0.3 is 9.88 Å². The highest BCUT2D eigenvalue weighted by molar-refractivity contribution is 5.97. The molecule has 0 bridgehead atoms. The Morgan fingerprint density at radius 3 is 2.80 bits per heavy atom. The summed E-state index contributed by atoms with van der Waals surface area (Å²) in [5, 5.41) is 3.00. The Morgan fingerprint density at radius 2 is 1.96 bits per heavy atom. The Labute approximate surface area is 147 Å². The summed E-state index contributed by atoms with van der Waals surface area (Å²) in [6.45, 7) is 3.63. The van der Waals surface area contributed by atoms with E-state index in [1.54, 1.807) is 0 Å². The molecular formula is C21H23N3O. The van der Waals surface area contributed by atoms with E-state index in [1.807, 2.05) is 30.3 Å². The zero-order valence-electron chi connectivity index (χ0n) is 14.6. The smallest absolute Gasteiger partial charge is 0.251 e. The van der Waals surface area contributed by atoms with Gasteiger partial charge >= 0.3 is 0 Å². The van der Waals surface area contributed by atoms with E-state index < -0.39 is 0 Å². The fraction of sp³-hybridized carbons (Fsp3) is 0.333. The molecule has 1 aliphatic rings. The van der Waals surface area contributed by atoms with E-state index in [-0.39, 0.29) is 5.91 Å². The van der Waals surface area contributed by atoms with Crippen LogP contribution in [0.25, 0.3) is 11.0 Å². The number of rotatable bonds is 3. The van der Waals surface area contributed by atoms with E-state index in [4.69, 9.17) is 4.98 Å². The molecule has 0 saturated carbocycles. The standard InChI is InChI=1S/C21H23N3O/c1-15-6-8-16(9-7-15)14-22-21(25)17-10-11-19-18(13-17)23-20-5-3-2-4-12-24(19)20/h6-11,13H,2-5,12,14H2,1H3,(H,22,25). The number of imidazole rings is 1. The normalized spacial score (nSPS) is 14.1. The molecule has 1 N–H and O–H groups in total. The van der Waals surface area contributed by atoms with Crippen LogP contribution in [0.5, 0.6) is 0 Å². The first-order valence-corrected chi connectivity index (χ1v) is 9.03. The summed E-state index contributed by atoms with van der Waals surface area (Å²) in [5.74, 6) is 1.11. The Morgan fingerprint density at radius 1 is 1.12 bits per heavy atom. The van der Waals surface area contributed by atoms with Gasteiger partial charge in [-0.3, -0.25) is 4.79 Å². The first kappa shape index (κ1) is 15.9. The Bertz CT molecular complexity index is 909. The third-order valence-electron chi connectivity index (χ3n) is 4.95. The summed E-state index contributed by atoms with van der Waals surface area (Å²) in [5.41, 5.74) is 5.08. The van der Waals surface area contributed by atoms with Crippen LogP contribution in [0.4, 0.5) is 0 Å². The van der Waals surface area contributed by atoms with Crippen molar-refractivity contribution in [1.82, 2.24) is 14.9 Å². The van der Waals surface area contributed by atoms with Crippen LogP contribution in [0, 0.1) is 6.92 Å². The van der Waals surface area contributed by atoms with Gasteiger partial charge in [0.25, 0.3) is 5.91 Å². The van der Waals surface area contributed by atoms with Gasteiger partial charge in [-0.05, 0) is 43.5 Å². The average Bonchev–Trinajstić information content (AvgIpc) is 2.81. The van der Waals surface area contributed by atoms with Crippen LogP contribution in [0.3, 0.4) is 0 Å².